The number of rotatable bonds is 5. The van der Waals surface area contributed by atoms with E-state index in [1.54, 1.807) is 0 Å². The van der Waals surface area contributed by atoms with Gasteiger partial charge in [-0.15, -0.1) is 0 Å². The van der Waals surface area contributed by atoms with E-state index in [1.165, 1.54) is 0 Å². The van der Waals surface area contributed by atoms with Crippen molar-refractivity contribution in [1.82, 2.24) is 4.90 Å². The van der Waals surface area contributed by atoms with E-state index < -0.39 is 5.97 Å². The van der Waals surface area contributed by atoms with Gasteiger partial charge in [-0.2, -0.15) is 0 Å². The minimum absolute atomic E-state index is 0.102. The second-order valence-corrected chi connectivity index (χ2v) is 5.37. The molecule has 0 saturated carbocycles. The highest BCUT2D eigenvalue weighted by Gasteiger charge is 2.28. The van der Waals surface area contributed by atoms with Crippen LogP contribution in [0.2, 0.25) is 0 Å². The molecule has 1 aliphatic rings. The number of nitrogens with zero attached hydrogens (tertiary/aromatic N) is 1. The van der Waals surface area contributed by atoms with Gasteiger partial charge in [-0.1, -0.05) is 6.92 Å². The van der Waals surface area contributed by atoms with E-state index in [4.69, 9.17) is 10.8 Å². The molecule has 1 rings (SSSR count). The molecule has 0 radical (unpaired) electrons. The van der Waals surface area contributed by atoms with Crippen LogP contribution in [0.5, 0.6) is 0 Å². The quantitative estimate of drug-likeness (QED) is 0.770. The maximum atomic E-state index is 12.2. The van der Waals surface area contributed by atoms with Crippen molar-refractivity contribution in [3.05, 3.63) is 0 Å². The van der Waals surface area contributed by atoms with Gasteiger partial charge in [-0.05, 0) is 32.1 Å². The van der Waals surface area contributed by atoms with Crippen molar-refractivity contribution in [3.63, 3.8) is 0 Å². The smallest absolute Gasteiger partial charge is 0.303 e. The zero-order valence-electron chi connectivity index (χ0n) is 11.3. The molecule has 1 fully saturated rings. The Hall–Kier alpha value is -1.10. The normalized spacial score (nSPS) is 23.5. The van der Waals surface area contributed by atoms with E-state index in [0.29, 0.717) is 18.9 Å². The van der Waals surface area contributed by atoms with Crippen molar-refractivity contribution in [1.29, 1.82) is 0 Å². The van der Waals surface area contributed by atoms with Crippen LogP contribution in [-0.4, -0.2) is 41.0 Å². The van der Waals surface area contributed by atoms with Crippen LogP contribution >= 0.6 is 0 Å². The van der Waals surface area contributed by atoms with E-state index in [2.05, 4.69) is 0 Å². The molecule has 0 aromatic heterocycles. The molecule has 1 heterocycles. The summed E-state index contributed by atoms with van der Waals surface area (Å²) in [7, 11) is 0. The summed E-state index contributed by atoms with van der Waals surface area (Å²) in [5, 5.41) is 8.68. The van der Waals surface area contributed by atoms with Crippen LogP contribution in [0.25, 0.3) is 0 Å². The molecular weight excluding hydrogens is 232 g/mol. The Morgan fingerprint density at radius 1 is 1.44 bits per heavy atom. The first-order valence-corrected chi connectivity index (χ1v) is 6.68. The maximum absolute atomic E-state index is 12.2. The minimum atomic E-state index is -0.762. The van der Waals surface area contributed by atoms with Gasteiger partial charge in [0.05, 0.1) is 5.92 Å². The van der Waals surface area contributed by atoms with Crippen LogP contribution in [0.15, 0.2) is 0 Å². The fourth-order valence-electron chi connectivity index (χ4n) is 2.34. The van der Waals surface area contributed by atoms with Gasteiger partial charge in [0, 0.05) is 25.6 Å². The Bertz CT molecular complexity index is 305. The summed E-state index contributed by atoms with van der Waals surface area (Å²) in [6, 6.07) is -0.142. The van der Waals surface area contributed by atoms with Crippen molar-refractivity contribution in [3.8, 4) is 0 Å². The average molecular weight is 256 g/mol. The summed E-state index contributed by atoms with van der Waals surface area (Å²) in [4.78, 5) is 24.6. The van der Waals surface area contributed by atoms with Crippen LogP contribution in [0.1, 0.15) is 39.5 Å². The summed E-state index contributed by atoms with van der Waals surface area (Å²) in [6.45, 7) is 5.16. The molecule has 18 heavy (non-hydrogen) atoms. The fraction of sp³-hybridized carbons (Fsp3) is 0.846. The van der Waals surface area contributed by atoms with Gasteiger partial charge in [-0.25, -0.2) is 0 Å². The van der Waals surface area contributed by atoms with Crippen molar-refractivity contribution < 1.29 is 14.7 Å². The van der Waals surface area contributed by atoms with Crippen LogP contribution < -0.4 is 5.73 Å². The molecule has 3 N–H and O–H groups in total. The van der Waals surface area contributed by atoms with Crippen LogP contribution in [0.3, 0.4) is 0 Å². The van der Waals surface area contributed by atoms with Gasteiger partial charge in [-0.3, -0.25) is 9.59 Å². The Kier molecular flexibility index (Phi) is 5.59. The third-order valence-electron chi connectivity index (χ3n) is 3.78. The molecule has 104 valence electrons. The highest BCUT2D eigenvalue weighted by molar-refractivity contribution is 5.79. The Labute approximate surface area is 108 Å². The lowest BCUT2D eigenvalue weighted by molar-refractivity contribution is -0.138. The summed E-state index contributed by atoms with van der Waals surface area (Å²) in [5.41, 5.74) is 5.75. The van der Waals surface area contributed by atoms with Crippen LogP contribution in [-0.2, 0) is 9.59 Å². The first-order valence-electron chi connectivity index (χ1n) is 6.68. The molecule has 1 aliphatic heterocycles. The lowest BCUT2D eigenvalue weighted by atomic mass is 9.92. The van der Waals surface area contributed by atoms with Crippen LogP contribution in [0, 0.1) is 11.8 Å². The lowest BCUT2D eigenvalue weighted by Crippen LogP contribution is -2.46. The third kappa shape index (κ3) is 4.29. The molecule has 1 saturated heterocycles. The third-order valence-corrected chi connectivity index (χ3v) is 3.78. The highest BCUT2D eigenvalue weighted by Crippen LogP contribution is 2.22. The van der Waals surface area contributed by atoms with Gasteiger partial charge < -0.3 is 15.7 Å². The summed E-state index contributed by atoms with van der Waals surface area (Å²) < 4.78 is 0. The first kappa shape index (κ1) is 15.0. The SMILES string of the molecule is CC(N)C(C)C(=O)N1CCCC(CCC(=O)O)C1. The summed E-state index contributed by atoms with van der Waals surface area (Å²) >= 11 is 0. The second kappa shape index (κ2) is 6.73. The summed E-state index contributed by atoms with van der Waals surface area (Å²) in [6.07, 6.45) is 2.83. The largest absolute Gasteiger partial charge is 0.481 e. The number of carbonyl (C=O) groups excluding carboxylic acids is 1. The summed E-state index contributed by atoms with van der Waals surface area (Å²) in [5.74, 6) is -0.505. The highest BCUT2D eigenvalue weighted by atomic mass is 16.4. The molecule has 0 bridgehead atoms. The number of amides is 1. The van der Waals surface area contributed by atoms with Crippen molar-refractivity contribution in [2.24, 2.45) is 17.6 Å². The topological polar surface area (TPSA) is 83.6 Å². The Balaban J connectivity index is 2.47. The molecule has 3 atom stereocenters. The van der Waals surface area contributed by atoms with E-state index in [0.717, 1.165) is 19.4 Å². The van der Waals surface area contributed by atoms with Gasteiger partial charge in [0.25, 0.3) is 0 Å². The molecule has 0 spiro atoms. The number of carboxylic acid groups (broad SMARTS) is 1. The molecular formula is C13H24N2O3. The number of carboxylic acids is 1. The number of likely N-dealkylation sites (tertiary alicyclic amines) is 1. The Morgan fingerprint density at radius 3 is 2.67 bits per heavy atom. The fourth-order valence-corrected chi connectivity index (χ4v) is 2.34. The maximum Gasteiger partial charge on any atom is 0.303 e. The van der Waals surface area contributed by atoms with E-state index >= 15 is 0 Å². The van der Waals surface area contributed by atoms with E-state index in [9.17, 15) is 9.59 Å². The number of hydrogen-bond acceptors (Lipinski definition) is 3. The van der Waals surface area contributed by atoms with E-state index in [-0.39, 0.29) is 24.3 Å². The number of carbonyl (C=O) groups is 2. The molecule has 5 heteroatoms. The predicted octanol–water partition coefficient (Wildman–Crippen LogP) is 1.07. The molecule has 0 aromatic carbocycles. The first-order chi connectivity index (χ1) is 8.41. The molecule has 0 aromatic rings. The van der Waals surface area contributed by atoms with Gasteiger partial charge in [0.15, 0.2) is 0 Å². The molecule has 1 amide bonds. The molecule has 3 unspecified atom stereocenters. The number of piperidine rings is 1. The van der Waals surface area contributed by atoms with Gasteiger partial charge >= 0.3 is 5.97 Å². The number of aliphatic carboxylic acids is 1. The van der Waals surface area contributed by atoms with Gasteiger partial charge in [0.2, 0.25) is 5.91 Å². The predicted molar refractivity (Wildman–Crippen MR) is 69.0 cm³/mol. The molecule has 0 aliphatic carbocycles. The number of hydrogen-bond donors (Lipinski definition) is 2. The lowest BCUT2D eigenvalue weighted by Gasteiger charge is -2.35. The van der Waals surface area contributed by atoms with Crippen molar-refractivity contribution in [2.45, 2.75) is 45.6 Å². The van der Waals surface area contributed by atoms with Crippen LogP contribution in [0.4, 0.5) is 0 Å². The second-order valence-electron chi connectivity index (χ2n) is 5.37. The monoisotopic (exact) mass is 256 g/mol. The zero-order valence-corrected chi connectivity index (χ0v) is 11.3. The van der Waals surface area contributed by atoms with Gasteiger partial charge in [0.1, 0.15) is 0 Å². The van der Waals surface area contributed by atoms with Crippen molar-refractivity contribution >= 4 is 11.9 Å². The Morgan fingerprint density at radius 2 is 2.11 bits per heavy atom. The average Bonchev–Trinajstić information content (AvgIpc) is 2.34. The molecule has 5 nitrogen and oxygen atoms in total. The standard InChI is InChI=1S/C13H24N2O3/c1-9(10(2)14)13(18)15-7-3-4-11(8-15)5-6-12(16)17/h9-11H,3-8,14H2,1-2H3,(H,16,17). The van der Waals surface area contributed by atoms with E-state index in [1.807, 2.05) is 18.7 Å². The minimum Gasteiger partial charge on any atom is -0.481 e. The number of nitrogens with two attached hydrogens (primary N) is 1. The van der Waals surface area contributed by atoms with Crippen molar-refractivity contribution in [2.75, 3.05) is 13.1 Å². The zero-order chi connectivity index (χ0) is 13.7.